The first-order valence-electron chi connectivity index (χ1n) is 9.89. The second-order valence-corrected chi connectivity index (χ2v) is 8.95. The minimum atomic E-state index is -4.86. The highest BCUT2D eigenvalue weighted by Gasteiger charge is 2.37. The molecule has 0 aliphatic rings. The first-order chi connectivity index (χ1) is 16.0. The number of ether oxygens (including phenoxy) is 1. The van der Waals surface area contributed by atoms with Crippen molar-refractivity contribution in [3.8, 4) is 11.4 Å². The SMILES string of the molecule is COc1cc(-n2c(C)nc3ccccc3c2=O)ccc1NS(=O)(=O)c1ccccc1C(F)(F)F. The number of benzene rings is 3. The number of alkyl halides is 3. The van der Waals surface area contributed by atoms with Crippen LogP contribution in [0.3, 0.4) is 0 Å². The third-order valence-corrected chi connectivity index (χ3v) is 6.54. The summed E-state index contributed by atoms with van der Waals surface area (Å²) < 4.78 is 74.4. The Balaban J connectivity index is 1.78. The molecular formula is C23H18F3N3O4S. The van der Waals surface area contributed by atoms with Gasteiger partial charge in [0.1, 0.15) is 11.6 Å². The zero-order valence-corrected chi connectivity index (χ0v) is 18.7. The number of aromatic nitrogens is 2. The molecule has 0 saturated carbocycles. The summed E-state index contributed by atoms with van der Waals surface area (Å²) in [5, 5.41) is 0.389. The molecule has 0 spiro atoms. The van der Waals surface area contributed by atoms with E-state index in [-0.39, 0.29) is 17.0 Å². The summed E-state index contributed by atoms with van der Waals surface area (Å²) in [6, 6.07) is 14.8. The van der Waals surface area contributed by atoms with Crippen LogP contribution in [-0.2, 0) is 16.2 Å². The number of aryl methyl sites for hydroxylation is 1. The molecule has 176 valence electrons. The zero-order chi connectivity index (χ0) is 24.7. The Labute approximate surface area is 192 Å². The van der Waals surface area contributed by atoms with Gasteiger partial charge in [-0.05, 0) is 43.3 Å². The third kappa shape index (κ3) is 4.21. The molecule has 11 heteroatoms. The highest BCUT2D eigenvalue weighted by Crippen LogP contribution is 2.36. The van der Waals surface area contributed by atoms with Crippen molar-refractivity contribution >= 4 is 26.6 Å². The number of nitrogens with zero attached hydrogens (tertiary/aromatic N) is 2. The van der Waals surface area contributed by atoms with Crippen molar-refractivity contribution in [2.45, 2.75) is 18.0 Å². The Morgan fingerprint density at radius 3 is 2.38 bits per heavy atom. The number of halogens is 3. The van der Waals surface area contributed by atoms with Crippen LogP contribution in [0.25, 0.3) is 16.6 Å². The minimum Gasteiger partial charge on any atom is -0.494 e. The van der Waals surface area contributed by atoms with E-state index < -0.39 is 26.7 Å². The van der Waals surface area contributed by atoms with E-state index in [9.17, 15) is 26.4 Å². The first-order valence-corrected chi connectivity index (χ1v) is 11.4. The van der Waals surface area contributed by atoms with Gasteiger partial charge >= 0.3 is 6.18 Å². The maximum Gasteiger partial charge on any atom is 0.417 e. The summed E-state index contributed by atoms with van der Waals surface area (Å²) in [7, 11) is -3.34. The predicted octanol–water partition coefficient (Wildman–Crippen LogP) is 4.52. The number of hydrogen-bond donors (Lipinski definition) is 1. The second kappa shape index (κ2) is 8.49. The zero-order valence-electron chi connectivity index (χ0n) is 17.9. The van der Waals surface area contributed by atoms with Gasteiger partial charge in [0.05, 0.1) is 39.8 Å². The Hall–Kier alpha value is -3.86. The number of anilines is 1. The molecule has 4 aromatic rings. The standard InChI is InChI=1S/C23H18F3N3O4S/c1-14-27-18-9-5-3-7-16(18)22(30)29(14)15-11-12-19(20(13-15)33-2)28-34(31,32)21-10-6-4-8-17(21)23(24,25)26/h3-13,28H,1-2H3. The van der Waals surface area contributed by atoms with Gasteiger partial charge in [0.25, 0.3) is 15.6 Å². The molecule has 0 aliphatic heterocycles. The van der Waals surface area contributed by atoms with Gasteiger partial charge in [0.15, 0.2) is 0 Å². The van der Waals surface area contributed by atoms with Crippen LogP contribution in [-0.4, -0.2) is 25.1 Å². The van der Waals surface area contributed by atoms with E-state index in [1.54, 1.807) is 31.2 Å². The average Bonchev–Trinajstić information content (AvgIpc) is 2.79. The fraction of sp³-hybridized carbons (Fsp3) is 0.130. The van der Waals surface area contributed by atoms with E-state index in [2.05, 4.69) is 9.71 Å². The molecule has 34 heavy (non-hydrogen) atoms. The number of methoxy groups -OCH3 is 1. The van der Waals surface area contributed by atoms with Crippen molar-refractivity contribution < 1.29 is 26.3 Å². The summed E-state index contributed by atoms with van der Waals surface area (Å²) in [5.41, 5.74) is -0.847. The molecule has 1 heterocycles. The molecule has 4 rings (SSSR count). The molecule has 0 unspecified atom stereocenters. The molecule has 7 nitrogen and oxygen atoms in total. The number of para-hydroxylation sites is 1. The quantitative estimate of drug-likeness (QED) is 0.445. The monoisotopic (exact) mass is 489 g/mol. The summed E-state index contributed by atoms with van der Waals surface area (Å²) in [5.74, 6) is 0.392. The van der Waals surface area contributed by atoms with Crippen LogP contribution in [0.1, 0.15) is 11.4 Å². The van der Waals surface area contributed by atoms with Gasteiger partial charge in [-0.1, -0.05) is 24.3 Å². The lowest BCUT2D eigenvalue weighted by Gasteiger charge is -2.17. The molecule has 0 saturated heterocycles. The summed E-state index contributed by atoms with van der Waals surface area (Å²) in [6.07, 6.45) is -4.86. The van der Waals surface area contributed by atoms with Gasteiger partial charge in [-0.3, -0.25) is 14.1 Å². The highest BCUT2D eigenvalue weighted by molar-refractivity contribution is 7.92. The average molecular weight is 489 g/mol. The van der Waals surface area contributed by atoms with Gasteiger partial charge in [0, 0.05) is 6.07 Å². The number of hydrogen-bond acceptors (Lipinski definition) is 5. The maximum atomic E-state index is 13.3. The van der Waals surface area contributed by atoms with E-state index in [0.29, 0.717) is 28.5 Å². The van der Waals surface area contributed by atoms with Crippen molar-refractivity contribution in [3.63, 3.8) is 0 Å². The Kier molecular flexibility index (Phi) is 5.82. The van der Waals surface area contributed by atoms with Gasteiger partial charge in [-0.2, -0.15) is 13.2 Å². The van der Waals surface area contributed by atoms with Gasteiger partial charge in [0.2, 0.25) is 0 Å². The fourth-order valence-electron chi connectivity index (χ4n) is 3.59. The number of nitrogens with one attached hydrogen (secondary N) is 1. The van der Waals surface area contributed by atoms with Gasteiger partial charge in [-0.25, -0.2) is 13.4 Å². The van der Waals surface area contributed by atoms with Crippen LogP contribution < -0.4 is 15.0 Å². The van der Waals surface area contributed by atoms with Crippen molar-refractivity contribution in [1.82, 2.24) is 9.55 Å². The van der Waals surface area contributed by atoms with E-state index in [1.165, 1.54) is 35.9 Å². The molecule has 3 aromatic carbocycles. The Bertz CT molecular complexity index is 1560. The van der Waals surface area contributed by atoms with E-state index in [1.807, 2.05) is 0 Å². The topological polar surface area (TPSA) is 90.3 Å². The van der Waals surface area contributed by atoms with Crippen molar-refractivity contribution in [2.75, 3.05) is 11.8 Å². The summed E-state index contributed by atoms with van der Waals surface area (Å²) >= 11 is 0. The van der Waals surface area contributed by atoms with Gasteiger partial charge in [-0.15, -0.1) is 0 Å². The molecule has 0 radical (unpaired) electrons. The molecule has 0 amide bonds. The van der Waals surface area contributed by atoms with Crippen molar-refractivity contribution in [2.24, 2.45) is 0 Å². The van der Waals surface area contributed by atoms with Crippen LogP contribution in [0, 0.1) is 6.92 Å². The lowest BCUT2D eigenvalue weighted by atomic mass is 10.2. The van der Waals surface area contributed by atoms with Crippen LogP contribution in [0.2, 0.25) is 0 Å². The first kappa shape index (κ1) is 23.3. The van der Waals surface area contributed by atoms with E-state index in [0.717, 1.165) is 12.1 Å². The van der Waals surface area contributed by atoms with Crippen molar-refractivity contribution in [3.05, 3.63) is 88.5 Å². The van der Waals surface area contributed by atoms with E-state index in [4.69, 9.17) is 4.74 Å². The van der Waals surface area contributed by atoms with Gasteiger partial charge < -0.3 is 4.74 Å². The molecule has 0 bridgehead atoms. The molecule has 1 aromatic heterocycles. The van der Waals surface area contributed by atoms with E-state index >= 15 is 0 Å². The maximum absolute atomic E-state index is 13.3. The number of fused-ring (bicyclic) bond motifs is 1. The normalized spacial score (nSPS) is 12.0. The number of rotatable bonds is 5. The second-order valence-electron chi connectivity index (χ2n) is 7.30. The Morgan fingerprint density at radius 2 is 1.68 bits per heavy atom. The lowest BCUT2D eigenvalue weighted by Crippen LogP contribution is -2.22. The van der Waals surface area contributed by atoms with Crippen LogP contribution in [0.4, 0.5) is 18.9 Å². The molecule has 1 N–H and O–H groups in total. The predicted molar refractivity (Wildman–Crippen MR) is 121 cm³/mol. The molecule has 0 fully saturated rings. The molecule has 0 aliphatic carbocycles. The largest absolute Gasteiger partial charge is 0.494 e. The smallest absolute Gasteiger partial charge is 0.417 e. The van der Waals surface area contributed by atoms with Crippen LogP contribution >= 0.6 is 0 Å². The van der Waals surface area contributed by atoms with Crippen LogP contribution in [0.5, 0.6) is 5.75 Å². The summed E-state index contributed by atoms with van der Waals surface area (Å²) in [6.45, 7) is 1.64. The molecular weight excluding hydrogens is 471 g/mol. The lowest BCUT2D eigenvalue weighted by molar-refractivity contribution is -0.139. The molecule has 0 atom stereocenters. The minimum absolute atomic E-state index is 0.00465. The van der Waals surface area contributed by atoms with Crippen molar-refractivity contribution in [1.29, 1.82) is 0 Å². The fourth-order valence-corrected chi connectivity index (χ4v) is 4.89. The number of sulfonamides is 1. The van der Waals surface area contributed by atoms with Crippen LogP contribution in [0.15, 0.2) is 76.4 Å². The highest BCUT2D eigenvalue weighted by atomic mass is 32.2. The Morgan fingerprint density at radius 1 is 1.00 bits per heavy atom. The summed E-state index contributed by atoms with van der Waals surface area (Å²) in [4.78, 5) is 16.6. The third-order valence-electron chi connectivity index (χ3n) is 5.11.